The standard InChI is InChI=1S/C12H15Br2N/c13-9-6-10(12(15)11(14)7-9)8-4-2-1-3-5-8/h6-8H,1-5,15H2. The van der Waals surface area contributed by atoms with Crippen LogP contribution >= 0.6 is 31.9 Å². The van der Waals surface area contributed by atoms with Gasteiger partial charge in [-0.3, -0.25) is 0 Å². The fourth-order valence-corrected chi connectivity index (χ4v) is 3.61. The Kier molecular flexibility index (Phi) is 3.73. The number of nitrogen functional groups attached to an aromatic ring is 1. The van der Waals surface area contributed by atoms with Gasteiger partial charge in [-0.05, 0) is 52.4 Å². The van der Waals surface area contributed by atoms with E-state index in [0.29, 0.717) is 5.92 Å². The molecular formula is C12H15Br2N. The Morgan fingerprint density at radius 2 is 1.73 bits per heavy atom. The van der Waals surface area contributed by atoms with E-state index in [1.54, 1.807) is 0 Å². The smallest absolute Gasteiger partial charge is 0.0494 e. The highest BCUT2D eigenvalue weighted by Crippen LogP contribution is 2.39. The number of halogens is 2. The predicted molar refractivity (Wildman–Crippen MR) is 72.1 cm³/mol. The van der Waals surface area contributed by atoms with E-state index >= 15 is 0 Å². The van der Waals surface area contributed by atoms with Gasteiger partial charge in [0.1, 0.15) is 0 Å². The Bertz CT molecular complexity index is 357. The molecule has 1 aromatic rings. The number of hydrogen-bond acceptors (Lipinski definition) is 1. The fourth-order valence-electron chi connectivity index (χ4n) is 2.36. The van der Waals surface area contributed by atoms with Gasteiger partial charge in [0.15, 0.2) is 0 Å². The van der Waals surface area contributed by atoms with Gasteiger partial charge in [0.25, 0.3) is 0 Å². The molecular weight excluding hydrogens is 318 g/mol. The lowest BCUT2D eigenvalue weighted by Crippen LogP contribution is -2.07. The third-order valence-corrected chi connectivity index (χ3v) is 4.29. The molecule has 0 aliphatic heterocycles. The third-order valence-electron chi connectivity index (χ3n) is 3.17. The summed E-state index contributed by atoms with van der Waals surface area (Å²) in [6, 6.07) is 4.19. The summed E-state index contributed by atoms with van der Waals surface area (Å²) in [4.78, 5) is 0. The molecule has 1 aliphatic rings. The van der Waals surface area contributed by atoms with Crippen molar-refractivity contribution in [3.8, 4) is 0 Å². The SMILES string of the molecule is Nc1c(Br)cc(Br)cc1C1CCCCC1. The molecule has 1 nitrogen and oxygen atoms in total. The summed E-state index contributed by atoms with van der Waals surface area (Å²) in [5.41, 5.74) is 8.35. The van der Waals surface area contributed by atoms with Crippen LogP contribution in [0.4, 0.5) is 5.69 Å². The summed E-state index contributed by atoms with van der Waals surface area (Å²) >= 11 is 7.04. The molecule has 1 aliphatic carbocycles. The topological polar surface area (TPSA) is 26.0 Å². The Morgan fingerprint density at radius 1 is 1.07 bits per heavy atom. The molecule has 0 unspecified atom stereocenters. The normalized spacial score (nSPS) is 18.0. The van der Waals surface area contributed by atoms with E-state index in [9.17, 15) is 0 Å². The molecule has 2 N–H and O–H groups in total. The maximum absolute atomic E-state index is 6.11. The first-order chi connectivity index (χ1) is 7.18. The van der Waals surface area contributed by atoms with Gasteiger partial charge in [-0.15, -0.1) is 0 Å². The predicted octanol–water partition coefficient (Wildman–Crippen LogP) is 4.84. The highest BCUT2D eigenvalue weighted by Gasteiger charge is 2.19. The van der Waals surface area contributed by atoms with Crippen molar-refractivity contribution in [2.75, 3.05) is 5.73 Å². The number of rotatable bonds is 1. The maximum Gasteiger partial charge on any atom is 0.0494 e. The molecule has 3 heteroatoms. The highest BCUT2D eigenvalue weighted by molar-refractivity contribution is 9.11. The van der Waals surface area contributed by atoms with E-state index in [2.05, 4.69) is 37.9 Å². The lowest BCUT2D eigenvalue weighted by Gasteiger charge is -2.24. The first-order valence-electron chi connectivity index (χ1n) is 5.43. The molecule has 0 atom stereocenters. The first kappa shape index (κ1) is 11.5. The van der Waals surface area contributed by atoms with Crippen molar-refractivity contribution in [3.63, 3.8) is 0 Å². The van der Waals surface area contributed by atoms with Crippen LogP contribution in [0.1, 0.15) is 43.6 Å². The average Bonchev–Trinajstić information content (AvgIpc) is 2.24. The van der Waals surface area contributed by atoms with E-state index in [-0.39, 0.29) is 0 Å². The lowest BCUT2D eigenvalue weighted by atomic mass is 9.83. The Hall–Kier alpha value is -0.0200. The van der Waals surface area contributed by atoms with E-state index in [1.807, 2.05) is 6.07 Å². The molecule has 0 aromatic heterocycles. The van der Waals surface area contributed by atoms with Crippen molar-refractivity contribution < 1.29 is 0 Å². The summed E-state index contributed by atoms with van der Waals surface area (Å²) in [5.74, 6) is 0.660. The van der Waals surface area contributed by atoms with Crippen LogP contribution in [0.2, 0.25) is 0 Å². The van der Waals surface area contributed by atoms with Crippen molar-refractivity contribution in [3.05, 3.63) is 26.6 Å². The monoisotopic (exact) mass is 331 g/mol. The summed E-state index contributed by atoms with van der Waals surface area (Å²) in [7, 11) is 0. The quantitative estimate of drug-likeness (QED) is 0.731. The number of hydrogen-bond donors (Lipinski definition) is 1. The maximum atomic E-state index is 6.11. The van der Waals surface area contributed by atoms with Crippen LogP contribution in [0.3, 0.4) is 0 Å². The minimum absolute atomic E-state index is 0.660. The van der Waals surface area contributed by atoms with Crippen LogP contribution in [-0.4, -0.2) is 0 Å². The largest absolute Gasteiger partial charge is 0.398 e. The van der Waals surface area contributed by atoms with E-state index in [1.165, 1.54) is 37.7 Å². The Morgan fingerprint density at radius 3 is 2.40 bits per heavy atom. The van der Waals surface area contributed by atoms with Crippen molar-refractivity contribution >= 4 is 37.5 Å². The van der Waals surface area contributed by atoms with Crippen LogP contribution in [0.25, 0.3) is 0 Å². The van der Waals surface area contributed by atoms with Gasteiger partial charge < -0.3 is 5.73 Å². The van der Waals surface area contributed by atoms with E-state index in [0.717, 1.165) is 14.6 Å². The second-order valence-electron chi connectivity index (χ2n) is 4.23. The zero-order valence-corrected chi connectivity index (χ0v) is 11.8. The molecule has 1 aromatic carbocycles. The number of anilines is 1. The molecule has 0 radical (unpaired) electrons. The zero-order chi connectivity index (χ0) is 10.8. The summed E-state index contributed by atoms with van der Waals surface area (Å²) in [6.45, 7) is 0. The highest BCUT2D eigenvalue weighted by atomic mass is 79.9. The molecule has 0 bridgehead atoms. The average molecular weight is 333 g/mol. The van der Waals surface area contributed by atoms with Crippen molar-refractivity contribution in [1.82, 2.24) is 0 Å². The van der Waals surface area contributed by atoms with Gasteiger partial charge in [-0.25, -0.2) is 0 Å². The van der Waals surface area contributed by atoms with Gasteiger partial charge in [-0.1, -0.05) is 35.2 Å². The second kappa shape index (κ2) is 4.88. The van der Waals surface area contributed by atoms with Crippen LogP contribution < -0.4 is 5.73 Å². The molecule has 0 amide bonds. The van der Waals surface area contributed by atoms with Crippen LogP contribution in [0.5, 0.6) is 0 Å². The van der Waals surface area contributed by atoms with Gasteiger partial charge in [-0.2, -0.15) is 0 Å². The molecule has 0 saturated heterocycles. The van der Waals surface area contributed by atoms with Crippen LogP contribution in [-0.2, 0) is 0 Å². The Labute approximate surface area is 108 Å². The Balaban J connectivity index is 2.33. The first-order valence-corrected chi connectivity index (χ1v) is 7.01. The van der Waals surface area contributed by atoms with Gasteiger partial charge in [0, 0.05) is 14.6 Å². The fraction of sp³-hybridized carbons (Fsp3) is 0.500. The third kappa shape index (κ3) is 2.56. The lowest BCUT2D eigenvalue weighted by molar-refractivity contribution is 0.444. The zero-order valence-electron chi connectivity index (χ0n) is 8.60. The molecule has 1 saturated carbocycles. The van der Waals surface area contributed by atoms with Gasteiger partial charge >= 0.3 is 0 Å². The van der Waals surface area contributed by atoms with Crippen LogP contribution in [0, 0.1) is 0 Å². The van der Waals surface area contributed by atoms with Gasteiger partial charge in [0.05, 0.1) is 0 Å². The molecule has 0 spiro atoms. The van der Waals surface area contributed by atoms with E-state index < -0.39 is 0 Å². The second-order valence-corrected chi connectivity index (χ2v) is 6.00. The summed E-state index contributed by atoms with van der Waals surface area (Å²) in [6.07, 6.45) is 6.63. The van der Waals surface area contributed by atoms with E-state index in [4.69, 9.17) is 5.73 Å². The van der Waals surface area contributed by atoms with Gasteiger partial charge in [0.2, 0.25) is 0 Å². The van der Waals surface area contributed by atoms with Crippen molar-refractivity contribution in [2.24, 2.45) is 0 Å². The molecule has 82 valence electrons. The number of benzene rings is 1. The van der Waals surface area contributed by atoms with Crippen LogP contribution in [0.15, 0.2) is 21.1 Å². The minimum Gasteiger partial charge on any atom is -0.398 e. The number of nitrogens with two attached hydrogens (primary N) is 1. The van der Waals surface area contributed by atoms with Crippen molar-refractivity contribution in [1.29, 1.82) is 0 Å². The molecule has 15 heavy (non-hydrogen) atoms. The molecule has 0 heterocycles. The molecule has 2 rings (SSSR count). The molecule has 1 fully saturated rings. The summed E-state index contributed by atoms with van der Waals surface area (Å²) < 4.78 is 2.13. The minimum atomic E-state index is 0.660. The summed E-state index contributed by atoms with van der Waals surface area (Å²) in [5, 5.41) is 0. The van der Waals surface area contributed by atoms with Crippen molar-refractivity contribution in [2.45, 2.75) is 38.0 Å².